The van der Waals surface area contributed by atoms with Crippen LogP contribution in [0.2, 0.25) is 0 Å². The topological polar surface area (TPSA) is 121 Å². The third kappa shape index (κ3) is 4.10. The predicted molar refractivity (Wildman–Crippen MR) is 114 cm³/mol. The van der Waals surface area contributed by atoms with Crippen molar-refractivity contribution >= 4 is 28.1 Å². The molecule has 0 bridgehead atoms. The smallest absolute Gasteiger partial charge is 0.347 e. The Morgan fingerprint density at radius 2 is 1.81 bits per heavy atom. The SMILES string of the molecule is O=C(O)c1ccc(-c2cnc(N3C(=O)C=CN(C#CCc4ccccc4)S3(=O)=O)o2)cc1. The molecule has 0 aliphatic carbocycles. The number of anilines is 1. The zero-order valence-corrected chi connectivity index (χ0v) is 17.2. The van der Waals surface area contributed by atoms with Gasteiger partial charge in [0.2, 0.25) is 0 Å². The summed E-state index contributed by atoms with van der Waals surface area (Å²) in [5, 5.41) is 8.99. The van der Waals surface area contributed by atoms with Crippen LogP contribution in [-0.4, -0.2) is 34.7 Å². The van der Waals surface area contributed by atoms with Crippen LogP contribution < -0.4 is 4.31 Å². The normalized spacial score (nSPS) is 14.7. The van der Waals surface area contributed by atoms with Crippen molar-refractivity contribution in [1.82, 2.24) is 9.29 Å². The number of carboxylic acids is 1. The molecule has 3 aromatic rings. The number of amides is 1. The monoisotopic (exact) mass is 449 g/mol. The first-order chi connectivity index (χ1) is 15.4. The Kier molecular flexibility index (Phi) is 5.49. The number of oxazole rings is 1. The highest BCUT2D eigenvalue weighted by atomic mass is 32.2. The van der Waals surface area contributed by atoms with E-state index in [2.05, 4.69) is 16.9 Å². The van der Waals surface area contributed by atoms with Crippen molar-refractivity contribution in [2.75, 3.05) is 4.31 Å². The summed E-state index contributed by atoms with van der Waals surface area (Å²) in [6, 6.07) is 17.1. The molecule has 0 saturated carbocycles. The van der Waals surface area contributed by atoms with E-state index in [1.807, 2.05) is 30.3 Å². The first kappa shape index (κ1) is 20.9. The molecule has 10 heteroatoms. The molecule has 0 fully saturated rings. The molecule has 160 valence electrons. The number of aromatic nitrogens is 1. The number of hydrogen-bond acceptors (Lipinski definition) is 6. The van der Waals surface area contributed by atoms with Gasteiger partial charge in [-0.25, -0.2) is 9.78 Å². The lowest BCUT2D eigenvalue weighted by Crippen LogP contribution is -2.46. The van der Waals surface area contributed by atoms with Gasteiger partial charge in [-0.2, -0.15) is 12.7 Å². The highest BCUT2D eigenvalue weighted by Gasteiger charge is 2.38. The summed E-state index contributed by atoms with van der Waals surface area (Å²) in [5.74, 6) is 0.987. The largest absolute Gasteiger partial charge is 0.478 e. The van der Waals surface area contributed by atoms with Gasteiger partial charge in [-0.15, -0.1) is 4.31 Å². The zero-order valence-electron chi connectivity index (χ0n) is 16.4. The number of benzene rings is 2. The van der Waals surface area contributed by atoms with Gasteiger partial charge in [0.15, 0.2) is 5.76 Å². The van der Waals surface area contributed by atoms with Gasteiger partial charge in [-0.1, -0.05) is 48.4 Å². The fourth-order valence-electron chi connectivity index (χ4n) is 2.85. The standard InChI is InChI=1S/C22H15N3O6S/c26-20-12-14-24(13-4-7-16-5-2-1-3-6-16)32(29,30)25(20)22-23-15-19(31-22)17-8-10-18(11-9-17)21(27)28/h1-3,5-6,8-12,14-15H,7H2,(H,27,28). The van der Waals surface area contributed by atoms with Crippen molar-refractivity contribution in [2.45, 2.75) is 6.42 Å². The highest BCUT2D eigenvalue weighted by Crippen LogP contribution is 2.28. The number of hydrogen-bond donors (Lipinski definition) is 1. The summed E-state index contributed by atoms with van der Waals surface area (Å²) in [6.45, 7) is 0. The van der Waals surface area contributed by atoms with E-state index < -0.39 is 28.1 Å². The van der Waals surface area contributed by atoms with Crippen LogP contribution in [0.4, 0.5) is 6.01 Å². The molecule has 0 saturated heterocycles. The minimum absolute atomic E-state index is 0.0807. The maximum atomic E-state index is 12.9. The van der Waals surface area contributed by atoms with Crippen LogP contribution in [0.1, 0.15) is 15.9 Å². The quantitative estimate of drug-likeness (QED) is 0.608. The average molecular weight is 449 g/mol. The van der Waals surface area contributed by atoms with E-state index >= 15 is 0 Å². The van der Waals surface area contributed by atoms with Gasteiger partial charge in [0.05, 0.1) is 11.8 Å². The van der Waals surface area contributed by atoms with Crippen molar-refractivity contribution in [3.05, 3.63) is 84.2 Å². The molecular formula is C22H15N3O6S. The molecule has 32 heavy (non-hydrogen) atoms. The van der Waals surface area contributed by atoms with E-state index in [0.717, 1.165) is 22.1 Å². The molecule has 0 radical (unpaired) electrons. The number of carbonyl (C=O) groups is 2. The lowest BCUT2D eigenvalue weighted by atomic mass is 10.1. The van der Waals surface area contributed by atoms with Crippen LogP contribution in [0.25, 0.3) is 11.3 Å². The van der Waals surface area contributed by atoms with E-state index in [1.165, 1.54) is 30.5 Å². The summed E-state index contributed by atoms with van der Waals surface area (Å²) in [6.07, 6.45) is 3.69. The lowest BCUT2D eigenvalue weighted by Gasteiger charge is -2.25. The minimum Gasteiger partial charge on any atom is -0.478 e. The minimum atomic E-state index is -4.39. The summed E-state index contributed by atoms with van der Waals surface area (Å²) in [7, 11) is -4.39. The lowest BCUT2D eigenvalue weighted by molar-refractivity contribution is -0.113. The van der Waals surface area contributed by atoms with Crippen LogP contribution in [0.3, 0.4) is 0 Å². The third-order valence-corrected chi connectivity index (χ3v) is 5.95. The Morgan fingerprint density at radius 3 is 2.50 bits per heavy atom. The molecule has 0 atom stereocenters. The molecule has 2 heterocycles. The molecule has 1 amide bonds. The second-order valence-electron chi connectivity index (χ2n) is 6.56. The zero-order chi connectivity index (χ0) is 22.7. The maximum absolute atomic E-state index is 12.9. The van der Waals surface area contributed by atoms with Crippen LogP contribution in [0, 0.1) is 12.0 Å². The fourth-order valence-corrected chi connectivity index (χ4v) is 3.99. The van der Waals surface area contributed by atoms with E-state index in [-0.39, 0.29) is 11.3 Å². The van der Waals surface area contributed by atoms with Crippen molar-refractivity contribution in [3.8, 4) is 23.3 Å². The number of carbonyl (C=O) groups excluding carboxylic acids is 1. The number of aromatic carboxylic acids is 1. The Morgan fingerprint density at radius 1 is 1.09 bits per heavy atom. The molecule has 0 unspecified atom stereocenters. The van der Waals surface area contributed by atoms with E-state index in [1.54, 1.807) is 0 Å². The summed E-state index contributed by atoms with van der Waals surface area (Å²) >= 11 is 0. The van der Waals surface area contributed by atoms with Gasteiger partial charge in [-0.05, 0) is 17.7 Å². The van der Waals surface area contributed by atoms with Crippen molar-refractivity contribution in [1.29, 1.82) is 0 Å². The molecule has 0 spiro atoms. The van der Waals surface area contributed by atoms with Crippen molar-refractivity contribution < 1.29 is 27.5 Å². The van der Waals surface area contributed by atoms with E-state index in [0.29, 0.717) is 16.3 Å². The second-order valence-corrected chi connectivity index (χ2v) is 8.22. The first-order valence-electron chi connectivity index (χ1n) is 9.25. The Labute approximate surface area is 183 Å². The van der Waals surface area contributed by atoms with Crippen LogP contribution in [0.15, 0.2) is 77.5 Å². The molecule has 1 aromatic heterocycles. The maximum Gasteiger partial charge on any atom is 0.347 e. The van der Waals surface area contributed by atoms with Gasteiger partial charge in [0.1, 0.15) is 0 Å². The first-order valence-corrected chi connectivity index (χ1v) is 10.6. The van der Waals surface area contributed by atoms with Gasteiger partial charge < -0.3 is 9.52 Å². The van der Waals surface area contributed by atoms with Crippen molar-refractivity contribution in [3.63, 3.8) is 0 Å². The molecule has 4 rings (SSSR count). The van der Waals surface area contributed by atoms with Crippen LogP contribution in [-0.2, 0) is 21.4 Å². The van der Waals surface area contributed by atoms with Gasteiger partial charge in [-0.3, -0.25) is 4.79 Å². The van der Waals surface area contributed by atoms with E-state index in [4.69, 9.17) is 9.52 Å². The molecule has 1 aliphatic rings. The fraction of sp³-hybridized carbons (Fsp3) is 0.0455. The van der Waals surface area contributed by atoms with Gasteiger partial charge in [0, 0.05) is 30.3 Å². The van der Waals surface area contributed by atoms with Gasteiger partial charge >= 0.3 is 22.2 Å². The average Bonchev–Trinajstić information content (AvgIpc) is 3.25. The number of nitrogens with zero attached hydrogens (tertiary/aromatic N) is 3. The molecule has 9 nitrogen and oxygen atoms in total. The summed E-state index contributed by atoms with van der Waals surface area (Å²) in [4.78, 5) is 27.2. The second kappa shape index (κ2) is 8.41. The number of rotatable bonds is 4. The Hall–Kier alpha value is -4.36. The summed E-state index contributed by atoms with van der Waals surface area (Å²) in [5.41, 5.74) is 1.46. The summed E-state index contributed by atoms with van der Waals surface area (Å²) < 4.78 is 32.5. The van der Waals surface area contributed by atoms with Gasteiger partial charge in [0.25, 0.3) is 5.91 Å². The highest BCUT2D eigenvalue weighted by molar-refractivity contribution is 7.91. The number of carboxylic acid groups (broad SMARTS) is 1. The Bertz CT molecular complexity index is 1370. The molecule has 2 aromatic carbocycles. The predicted octanol–water partition coefficient (Wildman–Crippen LogP) is 2.65. The molecular weight excluding hydrogens is 434 g/mol. The van der Waals surface area contributed by atoms with E-state index in [9.17, 15) is 18.0 Å². The van der Waals surface area contributed by atoms with Crippen LogP contribution >= 0.6 is 0 Å². The molecule has 1 aliphatic heterocycles. The Balaban J connectivity index is 1.59. The third-order valence-electron chi connectivity index (χ3n) is 4.44. The van der Waals surface area contributed by atoms with Crippen LogP contribution in [0.5, 0.6) is 0 Å². The van der Waals surface area contributed by atoms with Crippen molar-refractivity contribution in [2.24, 2.45) is 0 Å². The molecule has 1 N–H and O–H groups in total.